The highest BCUT2D eigenvalue weighted by atomic mass is 35.5. The SMILES string of the molecule is CNC(C)c1ccc(S(=O)(=O)Nc2ccc(Cl)cn2)cc1. The van der Waals surface area contributed by atoms with Crippen molar-refractivity contribution in [2.45, 2.75) is 17.9 Å². The normalized spacial score (nSPS) is 12.9. The average Bonchev–Trinajstić information content (AvgIpc) is 2.49. The lowest BCUT2D eigenvalue weighted by molar-refractivity contribution is 0.600. The number of hydrogen-bond acceptors (Lipinski definition) is 4. The van der Waals surface area contributed by atoms with E-state index in [1.54, 1.807) is 30.3 Å². The highest BCUT2D eigenvalue weighted by Gasteiger charge is 2.15. The predicted octanol–water partition coefficient (Wildman–Crippen LogP) is 2.82. The molecule has 112 valence electrons. The maximum atomic E-state index is 12.2. The average molecular weight is 326 g/mol. The molecule has 7 heteroatoms. The zero-order chi connectivity index (χ0) is 15.5. The van der Waals surface area contributed by atoms with Crippen molar-refractivity contribution in [2.24, 2.45) is 0 Å². The summed E-state index contributed by atoms with van der Waals surface area (Å²) >= 11 is 5.72. The molecule has 0 aliphatic heterocycles. The summed E-state index contributed by atoms with van der Waals surface area (Å²) in [5.41, 5.74) is 1.01. The van der Waals surface area contributed by atoms with E-state index in [9.17, 15) is 8.42 Å². The van der Waals surface area contributed by atoms with E-state index in [0.717, 1.165) is 5.56 Å². The van der Waals surface area contributed by atoms with Crippen LogP contribution in [0.1, 0.15) is 18.5 Å². The van der Waals surface area contributed by atoms with Crippen molar-refractivity contribution in [2.75, 3.05) is 11.8 Å². The van der Waals surface area contributed by atoms with Gasteiger partial charge in [-0.1, -0.05) is 23.7 Å². The molecule has 0 saturated heterocycles. The summed E-state index contributed by atoms with van der Waals surface area (Å²) < 4.78 is 26.9. The van der Waals surface area contributed by atoms with E-state index in [4.69, 9.17) is 11.6 Å². The van der Waals surface area contributed by atoms with Gasteiger partial charge in [0, 0.05) is 12.2 Å². The summed E-state index contributed by atoms with van der Waals surface area (Å²) in [6, 6.07) is 9.95. The smallest absolute Gasteiger partial charge is 0.263 e. The number of nitrogens with one attached hydrogen (secondary N) is 2. The van der Waals surface area contributed by atoms with Crippen LogP contribution in [0.2, 0.25) is 5.02 Å². The maximum Gasteiger partial charge on any atom is 0.263 e. The van der Waals surface area contributed by atoms with Gasteiger partial charge < -0.3 is 5.32 Å². The summed E-state index contributed by atoms with van der Waals surface area (Å²) in [4.78, 5) is 4.10. The second-order valence-corrected chi connectivity index (χ2v) is 6.67. The third kappa shape index (κ3) is 3.93. The summed E-state index contributed by atoms with van der Waals surface area (Å²) in [7, 11) is -1.80. The van der Waals surface area contributed by atoms with Crippen LogP contribution >= 0.6 is 11.6 Å². The Balaban J connectivity index is 2.21. The molecule has 0 spiro atoms. The second kappa shape index (κ2) is 6.43. The van der Waals surface area contributed by atoms with Crippen LogP contribution < -0.4 is 10.0 Å². The first-order valence-electron chi connectivity index (χ1n) is 6.34. The molecular formula is C14H16ClN3O2S. The third-order valence-corrected chi connectivity index (χ3v) is 4.68. The minimum Gasteiger partial charge on any atom is -0.313 e. The van der Waals surface area contributed by atoms with Crippen LogP contribution in [-0.2, 0) is 10.0 Å². The Morgan fingerprint density at radius 2 is 1.81 bits per heavy atom. The van der Waals surface area contributed by atoms with Crippen LogP contribution in [0, 0.1) is 0 Å². The van der Waals surface area contributed by atoms with E-state index < -0.39 is 10.0 Å². The molecule has 1 aromatic heterocycles. The first kappa shape index (κ1) is 15.8. The standard InChI is InChI=1S/C14H16ClN3O2S/c1-10(16-2)11-3-6-13(7-4-11)21(19,20)18-14-8-5-12(15)9-17-14/h3-10,16H,1-2H3,(H,17,18). The van der Waals surface area contributed by atoms with E-state index in [1.165, 1.54) is 12.3 Å². The summed E-state index contributed by atoms with van der Waals surface area (Å²) in [6.45, 7) is 2.00. The number of nitrogens with zero attached hydrogens (tertiary/aromatic N) is 1. The molecule has 0 aliphatic carbocycles. The van der Waals surface area contributed by atoms with Gasteiger partial charge in [-0.05, 0) is 43.8 Å². The van der Waals surface area contributed by atoms with Crippen molar-refractivity contribution in [1.82, 2.24) is 10.3 Å². The van der Waals surface area contributed by atoms with Crippen molar-refractivity contribution in [3.63, 3.8) is 0 Å². The summed E-state index contributed by atoms with van der Waals surface area (Å²) in [5, 5.41) is 3.54. The fourth-order valence-corrected chi connectivity index (χ4v) is 2.86. The number of rotatable bonds is 5. The lowest BCUT2D eigenvalue weighted by Gasteiger charge is -2.12. The highest BCUT2D eigenvalue weighted by molar-refractivity contribution is 7.92. The van der Waals surface area contributed by atoms with Crippen LogP contribution in [0.25, 0.3) is 0 Å². The molecule has 1 unspecified atom stereocenters. The number of hydrogen-bond donors (Lipinski definition) is 2. The van der Waals surface area contributed by atoms with Gasteiger partial charge in [-0.3, -0.25) is 4.72 Å². The van der Waals surface area contributed by atoms with Crippen molar-refractivity contribution >= 4 is 27.4 Å². The molecule has 0 amide bonds. The van der Waals surface area contributed by atoms with Gasteiger partial charge in [-0.2, -0.15) is 0 Å². The topological polar surface area (TPSA) is 71.1 Å². The van der Waals surface area contributed by atoms with Crippen LogP contribution in [0.3, 0.4) is 0 Å². The molecule has 0 bridgehead atoms. The van der Waals surface area contributed by atoms with Gasteiger partial charge in [0.05, 0.1) is 9.92 Å². The monoisotopic (exact) mass is 325 g/mol. The van der Waals surface area contributed by atoms with Gasteiger partial charge in [0.2, 0.25) is 0 Å². The van der Waals surface area contributed by atoms with E-state index in [1.807, 2.05) is 14.0 Å². The zero-order valence-electron chi connectivity index (χ0n) is 11.7. The van der Waals surface area contributed by atoms with E-state index in [2.05, 4.69) is 15.0 Å². The Kier molecular flexibility index (Phi) is 4.82. The molecule has 0 fully saturated rings. The molecule has 1 heterocycles. The molecular weight excluding hydrogens is 310 g/mol. The Hall–Kier alpha value is -1.63. The minimum atomic E-state index is -3.65. The number of pyridine rings is 1. The first-order valence-corrected chi connectivity index (χ1v) is 8.20. The van der Waals surface area contributed by atoms with Crippen molar-refractivity contribution in [1.29, 1.82) is 0 Å². The van der Waals surface area contributed by atoms with Gasteiger partial charge in [0.25, 0.3) is 10.0 Å². The van der Waals surface area contributed by atoms with Crippen molar-refractivity contribution in [3.8, 4) is 0 Å². The first-order chi connectivity index (χ1) is 9.92. The van der Waals surface area contributed by atoms with Gasteiger partial charge in [-0.15, -0.1) is 0 Å². The number of anilines is 1. The second-order valence-electron chi connectivity index (χ2n) is 4.55. The molecule has 2 N–H and O–H groups in total. The summed E-state index contributed by atoms with van der Waals surface area (Å²) in [6.07, 6.45) is 1.39. The van der Waals surface area contributed by atoms with Gasteiger partial charge >= 0.3 is 0 Å². The predicted molar refractivity (Wildman–Crippen MR) is 84.0 cm³/mol. The van der Waals surface area contributed by atoms with Crippen LogP contribution in [0.15, 0.2) is 47.5 Å². The van der Waals surface area contributed by atoms with E-state index >= 15 is 0 Å². The number of benzene rings is 1. The van der Waals surface area contributed by atoms with Crippen LogP contribution in [0.5, 0.6) is 0 Å². The third-order valence-electron chi connectivity index (χ3n) is 3.09. The Morgan fingerprint density at radius 1 is 1.14 bits per heavy atom. The molecule has 2 rings (SSSR count). The Bertz CT molecular complexity index is 700. The largest absolute Gasteiger partial charge is 0.313 e. The minimum absolute atomic E-state index is 0.160. The molecule has 0 radical (unpaired) electrons. The fourth-order valence-electron chi connectivity index (χ4n) is 1.74. The lowest BCUT2D eigenvalue weighted by Crippen LogP contribution is -2.15. The molecule has 1 atom stereocenters. The van der Waals surface area contributed by atoms with Gasteiger partial charge in [0.1, 0.15) is 5.82 Å². The maximum absolute atomic E-state index is 12.2. The van der Waals surface area contributed by atoms with E-state index in [0.29, 0.717) is 5.02 Å². The van der Waals surface area contributed by atoms with Crippen molar-refractivity contribution < 1.29 is 8.42 Å². The number of aromatic nitrogens is 1. The highest BCUT2D eigenvalue weighted by Crippen LogP contribution is 2.18. The number of sulfonamides is 1. The molecule has 21 heavy (non-hydrogen) atoms. The lowest BCUT2D eigenvalue weighted by atomic mass is 10.1. The van der Waals surface area contributed by atoms with Crippen LogP contribution in [-0.4, -0.2) is 20.4 Å². The van der Waals surface area contributed by atoms with Gasteiger partial charge in [-0.25, -0.2) is 13.4 Å². The van der Waals surface area contributed by atoms with E-state index in [-0.39, 0.29) is 16.8 Å². The Morgan fingerprint density at radius 3 is 2.33 bits per heavy atom. The zero-order valence-corrected chi connectivity index (χ0v) is 13.2. The quantitative estimate of drug-likeness (QED) is 0.886. The molecule has 2 aromatic rings. The van der Waals surface area contributed by atoms with Crippen LogP contribution in [0.4, 0.5) is 5.82 Å². The number of halogens is 1. The Labute approximate surface area is 129 Å². The molecule has 5 nitrogen and oxygen atoms in total. The van der Waals surface area contributed by atoms with Gasteiger partial charge in [0.15, 0.2) is 0 Å². The fraction of sp³-hybridized carbons (Fsp3) is 0.214. The van der Waals surface area contributed by atoms with Crippen molar-refractivity contribution in [3.05, 3.63) is 53.2 Å². The molecule has 1 aromatic carbocycles. The molecule has 0 saturated carbocycles. The molecule has 0 aliphatic rings. The summed E-state index contributed by atoms with van der Waals surface area (Å²) in [5.74, 6) is 0.229.